The molecule has 0 atom stereocenters. The molecule has 1 heterocycles. The van der Waals surface area contributed by atoms with Crippen LogP contribution in [0.15, 0.2) is 60.7 Å². The predicted molar refractivity (Wildman–Crippen MR) is 106 cm³/mol. The predicted octanol–water partition coefficient (Wildman–Crippen LogP) is 6.44. The number of imidazole rings is 1. The second kappa shape index (κ2) is 6.55. The van der Waals surface area contributed by atoms with E-state index in [0.717, 1.165) is 29.2 Å². The van der Waals surface area contributed by atoms with Crippen molar-refractivity contribution < 1.29 is 0 Å². The second-order valence-corrected chi connectivity index (χ2v) is 7.00. The van der Waals surface area contributed by atoms with Gasteiger partial charge in [0.15, 0.2) is 0 Å². The highest BCUT2D eigenvalue weighted by atomic mass is 35.5. The minimum absolute atomic E-state index is 0.612. The van der Waals surface area contributed by atoms with Gasteiger partial charge in [-0.2, -0.15) is 0 Å². The van der Waals surface area contributed by atoms with Crippen LogP contribution in [0, 0.1) is 6.92 Å². The van der Waals surface area contributed by atoms with Crippen molar-refractivity contribution >= 4 is 34.0 Å². The third-order valence-corrected chi connectivity index (χ3v) is 4.74. The Labute approximate surface area is 156 Å². The highest BCUT2D eigenvalue weighted by Crippen LogP contribution is 2.29. The molecule has 4 aromatic rings. The van der Waals surface area contributed by atoms with Gasteiger partial charge in [-0.3, -0.25) is 0 Å². The SMILES string of the molecule is Cc1[nH]c(Cc2cccc3ccccc23)nc1-c1cc(Cl)cc(Cl)c1. The lowest BCUT2D eigenvalue weighted by Gasteiger charge is -2.04. The standard InChI is InChI=1S/C21H16Cl2N2/c1-13-21(16-9-17(22)12-18(23)10-16)25-20(24-13)11-15-7-4-6-14-5-2-3-8-19(14)15/h2-10,12H,11H2,1H3,(H,24,25). The Morgan fingerprint density at radius 2 is 1.64 bits per heavy atom. The number of rotatable bonds is 3. The number of benzene rings is 3. The van der Waals surface area contributed by atoms with Crippen molar-refractivity contribution in [2.45, 2.75) is 13.3 Å². The zero-order chi connectivity index (χ0) is 17.4. The van der Waals surface area contributed by atoms with Gasteiger partial charge in [0.1, 0.15) is 5.82 Å². The smallest absolute Gasteiger partial charge is 0.111 e. The average molecular weight is 367 g/mol. The number of hydrogen-bond acceptors (Lipinski definition) is 1. The van der Waals surface area contributed by atoms with Crippen LogP contribution >= 0.6 is 23.2 Å². The molecule has 4 heteroatoms. The first-order valence-electron chi connectivity index (χ1n) is 8.09. The highest BCUT2D eigenvalue weighted by molar-refractivity contribution is 6.35. The van der Waals surface area contributed by atoms with E-state index in [-0.39, 0.29) is 0 Å². The molecular weight excluding hydrogens is 351 g/mol. The van der Waals surface area contributed by atoms with E-state index in [1.807, 2.05) is 19.1 Å². The third kappa shape index (κ3) is 3.28. The van der Waals surface area contributed by atoms with Gasteiger partial charge in [0, 0.05) is 27.7 Å². The van der Waals surface area contributed by atoms with Crippen LogP contribution in [0.5, 0.6) is 0 Å². The number of aromatic amines is 1. The lowest BCUT2D eigenvalue weighted by molar-refractivity contribution is 1.02. The molecule has 0 aliphatic heterocycles. The molecule has 0 spiro atoms. The summed E-state index contributed by atoms with van der Waals surface area (Å²) in [7, 11) is 0. The minimum atomic E-state index is 0.612. The summed E-state index contributed by atoms with van der Waals surface area (Å²) in [4.78, 5) is 8.19. The molecule has 0 amide bonds. The molecule has 1 aromatic heterocycles. The quantitative estimate of drug-likeness (QED) is 0.444. The van der Waals surface area contributed by atoms with Crippen LogP contribution in [0.4, 0.5) is 0 Å². The summed E-state index contributed by atoms with van der Waals surface area (Å²) in [6.07, 6.45) is 0.747. The Kier molecular flexibility index (Phi) is 4.24. The van der Waals surface area contributed by atoms with E-state index in [1.54, 1.807) is 6.07 Å². The Morgan fingerprint density at radius 3 is 2.44 bits per heavy atom. The molecule has 0 saturated heterocycles. The van der Waals surface area contributed by atoms with Crippen LogP contribution in [-0.2, 0) is 6.42 Å². The zero-order valence-electron chi connectivity index (χ0n) is 13.7. The lowest BCUT2D eigenvalue weighted by atomic mass is 10.0. The fraction of sp³-hybridized carbons (Fsp3) is 0.0952. The maximum Gasteiger partial charge on any atom is 0.111 e. The van der Waals surface area contributed by atoms with Crippen molar-refractivity contribution in [3.05, 3.63) is 87.8 Å². The van der Waals surface area contributed by atoms with Gasteiger partial charge in [0.25, 0.3) is 0 Å². The van der Waals surface area contributed by atoms with Crippen molar-refractivity contribution in [2.75, 3.05) is 0 Å². The lowest BCUT2D eigenvalue weighted by Crippen LogP contribution is -1.92. The summed E-state index contributed by atoms with van der Waals surface area (Å²) in [5, 5.41) is 3.72. The summed E-state index contributed by atoms with van der Waals surface area (Å²) in [6, 6.07) is 20.3. The number of aromatic nitrogens is 2. The molecule has 0 bridgehead atoms. The van der Waals surface area contributed by atoms with Crippen molar-refractivity contribution in [1.82, 2.24) is 9.97 Å². The highest BCUT2D eigenvalue weighted by Gasteiger charge is 2.12. The van der Waals surface area contributed by atoms with Crippen LogP contribution in [0.3, 0.4) is 0 Å². The molecule has 0 aliphatic carbocycles. The van der Waals surface area contributed by atoms with Crippen molar-refractivity contribution in [2.24, 2.45) is 0 Å². The van der Waals surface area contributed by atoms with Crippen LogP contribution < -0.4 is 0 Å². The van der Waals surface area contributed by atoms with Gasteiger partial charge < -0.3 is 4.98 Å². The monoisotopic (exact) mass is 366 g/mol. The molecule has 0 radical (unpaired) electrons. The topological polar surface area (TPSA) is 28.7 Å². The van der Waals surface area contributed by atoms with E-state index < -0.39 is 0 Å². The summed E-state index contributed by atoms with van der Waals surface area (Å²) in [5.74, 6) is 0.931. The van der Waals surface area contributed by atoms with Crippen LogP contribution in [0.25, 0.3) is 22.0 Å². The number of H-pyrrole nitrogens is 1. The summed E-state index contributed by atoms with van der Waals surface area (Å²) in [5.41, 5.74) is 4.08. The van der Waals surface area contributed by atoms with Gasteiger partial charge in [-0.05, 0) is 41.5 Å². The molecule has 2 nitrogen and oxygen atoms in total. The molecule has 4 rings (SSSR count). The summed E-state index contributed by atoms with van der Waals surface area (Å²) < 4.78 is 0. The number of halogens is 2. The van der Waals surface area contributed by atoms with E-state index in [4.69, 9.17) is 28.2 Å². The van der Waals surface area contributed by atoms with E-state index in [1.165, 1.54) is 16.3 Å². The molecule has 0 saturated carbocycles. The molecule has 0 unspecified atom stereocenters. The van der Waals surface area contributed by atoms with E-state index in [9.17, 15) is 0 Å². The number of nitrogens with zero attached hydrogens (tertiary/aromatic N) is 1. The molecular formula is C21H16Cl2N2. The first kappa shape index (κ1) is 16.2. The second-order valence-electron chi connectivity index (χ2n) is 6.13. The molecule has 0 aliphatic rings. The fourth-order valence-electron chi connectivity index (χ4n) is 3.20. The Balaban J connectivity index is 1.73. The van der Waals surface area contributed by atoms with Gasteiger partial charge in [-0.1, -0.05) is 65.7 Å². The van der Waals surface area contributed by atoms with Crippen molar-refractivity contribution in [1.29, 1.82) is 0 Å². The normalized spacial score (nSPS) is 11.2. The van der Waals surface area contributed by atoms with Crippen molar-refractivity contribution in [3.8, 4) is 11.3 Å². The molecule has 0 fully saturated rings. The summed E-state index contributed by atoms with van der Waals surface area (Å²) in [6.45, 7) is 2.02. The maximum atomic E-state index is 6.13. The molecule has 1 N–H and O–H groups in total. The van der Waals surface area contributed by atoms with Gasteiger partial charge >= 0.3 is 0 Å². The Hall–Kier alpha value is -2.29. The number of hydrogen-bond donors (Lipinski definition) is 1. The van der Waals surface area contributed by atoms with Crippen molar-refractivity contribution in [3.63, 3.8) is 0 Å². The third-order valence-electron chi connectivity index (χ3n) is 4.31. The number of aryl methyl sites for hydroxylation is 1. The summed E-state index contributed by atoms with van der Waals surface area (Å²) >= 11 is 12.3. The first-order valence-corrected chi connectivity index (χ1v) is 8.84. The van der Waals surface area contributed by atoms with Crippen LogP contribution in [0.2, 0.25) is 10.0 Å². The fourth-order valence-corrected chi connectivity index (χ4v) is 3.73. The first-order chi connectivity index (χ1) is 12.1. The van der Waals surface area contributed by atoms with Gasteiger partial charge in [0.05, 0.1) is 5.69 Å². The van der Waals surface area contributed by atoms with E-state index in [0.29, 0.717) is 10.0 Å². The largest absolute Gasteiger partial charge is 0.345 e. The van der Waals surface area contributed by atoms with E-state index in [2.05, 4.69) is 47.4 Å². The Bertz CT molecular complexity index is 1040. The molecule has 25 heavy (non-hydrogen) atoms. The van der Waals surface area contributed by atoms with Gasteiger partial charge in [-0.25, -0.2) is 4.98 Å². The van der Waals surface area contributed by atoms with Gasteiger partial charge in [0.2, 0.25) is 0 Å². The zero-order valence-corrected chi connectivity index (χ0v) is 15.2. The maximum absolute atomic E-state index is 6.13. The number of nitrogens with one attached hydrogen (secondary N) is 1. The Morgan fingerprint density at radius 1 is 0.920 bits per heavy atom. The van der Waals surface area contributed by atoms with Gasteiger partial charge in [-0.15, -0.1) is 0 Å². The van der Waals surface area contributed by atoms with E-state index >= 15 is 0 Å². The minimum Gasteiger partial charge on any atom is -0.345 e. The number of fused-ring (bicyclic) bond motifs is 1. The van der Waals surface area contributed by atoms with Crippen LogP contribution in [0.1, 0.15) is 17.1 Å². The molecule has 124 valence electrons. The average Bonchev–Trinajstić information content (AvgIpc) is 2.95. The molecule has 3 aromatic carbocycles. The van der Waals surface area contributed by atoms with Crippen LogP contribution in [-0.4, -0.2) is 9.97 Å².